The zero-order chi connectivity index (χ0) is 15.2. The number of halogens is 1. The van der Waals surface area contributed by atoms with Crippen molar-refractivity contribution in [1.29, 1.82) is 0 Å². The van der Waals surface area contributed by atoms with Gasteiger partial charge in [-0.2, -0.15) is 0 Å². The number of nitrogens with zero attached hydrogens (tertiary/aromatic N) is 4. The summed E-state index contributed by atoms with van der Waals surface area (Å²) < 4.78 is 14.8. The minimum Gasteiger partial charge on any atom is -0.335 e. The number of nitrogens with one attached hydrogen (secondary N) is 1. The Balaban J connectivity index is 1.77. The Morgan fingerprint density at radius 2 is 2.24 bits per heavy atom. The predicted molar refractivity (Wildman–Crippen MR) is 77.4 cm³/mol. The fourth-order valence-corrected chi connectivity index (χ4v) is 1.87. The molecule has 0 aliphatic heterocycles. The summed E-state index contributed by atoms with van der Waals surface area (Å²) in [4.78, 5) is 21.4. The van der Waals surface area contributed by atoms with Gasteiger partial charge in [-0.15, -0.1) is 0 Å². The minimum absolute atomic E-state index is 0.267. The Kier molecular flexibility index (Phi) is 4.86. The number of amides is 2. The van der Waals surface area contributed by atoms with E-state index in [-0.39, 0.29) is 6.03 Å². The van der Waals surface area contributed by atoms with Gasteiger partial charge >= 0.3 is 6.03 Å². The van der Waals surface area contributed by atoms with Crippen molar-refractivity contribution in [2.24, 2.45) is 0 Å². The second kappa shape index (κ2) is 6.83. The maximum atomic E-state index is 12.7. The first-order chi connectivity index (χ1) is 10.1. The summed E-state index contributed by atoms with van der Waals surface area (Å²) in [7, 11) is 1.71. The standard InChI is InChI=1S/C14H18FN5O/c1-11-16-6-9-20(11)8-3-7-19(2)14(21)18-13-5-4-12(15)10-17-13/h4-6,9-10H,3,7-8H2,1-2H3,(H,17,18,21). The zero-order valence-corrected chi connectivity index (χ0v) is 12.1. The van der Waals surface area contributed by atoms with Crippen molar-refractivity contribution < 1.29 is 9.18 Å². The van der Waals surface area contributed by atoms with E-state index in [1.807, 2.05) is 17.7 Å². The molecule has 0 radical (unpaired) electrons. The Bertz CT molecular complexity index is 596. The van der Waals surface area contributed by atoms with E-state index in [0.29, 0.717) is 12.4 Å². The second-order valence-electron chi connectivity index (χ2n) is 4.73. The van der Waals surface area contributed by atoms with Crippen LogP contribution < -0.4 is 5.32 Å². The number of pyridine rings is 1. The number of anilines is 1. The van der Waals surface area contributed by atoms with Gasteiger partial charge in [-0.25, -0.2) is 19.2 Å². The first kappa shape index (κ1) is 15.0. The van der Waals surface area contributed by atoms with Crippen LogP contribution in [0.3, 0.4) is 0 Å². The molecule has 0 saturated heterocycles. The molecule has 2 rings (SSSR count). The van der Waals surface area contributed by atoms with E-state index in [9.17, 15) is 9.18 Å². The molecule has 6 nitrogen and oxygen atoms in total. The zero-order valence-electron chi connectivity index (χ0n) is 12.1. The van der Waals surface area contributed by atoms with Crippen LogP contribution in [0.15, 0.2) is 30.7 Å². The third-order valence-corrected chi connectivity index (χ3v) is 3.13. The van der Waals surface area contributed by atoms with E-state index in [2.05, 4.69) is 15.3 Å². The van der Waals surface area contributed by atoms with Crippen LogP contribution in [0.4, 0.5) is 15.0 Å². The lowest BCUT2D eigenvalue weighted by molar-refractivity contribution is 0.221. The molecule has 21 heavy (non-hydrogen) atoms. The van der Waals surface area contributed by atoms with Crippen LogP contribution >= 0.6 is 0 Å². The molecule has 112 valence electrons. The number of aromatic nitrogens is 3. The monoisotopic (exact) mass is 291 g/mol. The number of imidazole rings is 1. The molecule has 0 aliphatic rings. The first-order valence-electron chi connectivity index (χ1n) is 6.67. The fourth-order valence-electron chi connectivity index (χ4n) is 1.87. The highest BCUT2D eigenvalue weighted by Gasteiger charge is 2.09. The largest absolute Gasteiger partial charge is 0.335 e. The number of rotatable bonds is 5. The highest BCUT2D eigenvalue weighted by atomic mass is 19.1. The Labute approximate surface area is 122 Å². The summed E-state index contributed by atoms with van der Waals surface area (Å²) >= 11 is 0. The molecule has 2 aromatic rings. The quantitative estimate of drug-likeness (QED) is 0.919. The van der Waals surface area contributed by atoms with Gasteiger partial charge in [-0.1, -0.05) is 0 Å². The number of aryl methyl sites for hydroxylation is 2. The molecule has 0 unspecified atom stereocenters. The summed E-state index contributed by atoms with van der Waals surface area (Å²) in [5, 5.41) is 2.61. The van der Waals surface area contributed by atoms with Crippen LogP contribution in [0.1, 0.15) is 12.2 Å². The van der Waals surface area contributed by atoms with Gasteiger partial charge in [-0.3, -0.25) is 5.32 Å². The number of carbonyl (C=O) groups is 1. The normalized spacial score (nSPS) is 10.4. The number of hydrogen-bond acceptors (Lipinski definition) is 3. The van der Waals surface area contributed by atoms with Crippen molar-refractivity contribution in [3.63, 3.8) is 0 Å². The van der Waals surface area contributed by atoms with Crippen molar-refractivity contribution in [3.8, 4) is 0 Å². The van der Waals surface area contributed by atoms with Gasteiger partial charge in [0.05, 0.1) is 6.20 Å². The average molecular weight is 291 g/mol. The Morgan fingerprint density at radius 3 is 2.86 bits per heavy atom. The Morgan fingerprint density at radius 1 is 1.43 bits per heavy atom. The molecule has 0 aromatic carbocycles. The maximum Gasteiger partial charge on any atom is 0.322 e. The van der Waals surface area contributed by atoms with Crippen LogP contribution in [0.5, 0.6) is 0 Å². The molecule has 0 atom stereocenters. The molecular weight excluding hydrogens is 273 g/mol. The van der Waals surface area contributed by atoms with Gasteiger partial charge in [0.2, 0.25) is 0 Å². The van der Waals surface area contributed by atoms with Gasteiger partial charge in [0, 0.05) is 32.5 Å². The molecule has 7 heteroatoms. The molecule has 0 fully saturated rings. The van der Waals surface area contributed by atoms with Crippen molar-refractivity contribution in [2.45, 2.75) is 19.9 Å². The van der Waals surface area contributed by atoms with Crippen molar-refractivity contribution >= 4 is 11.8 Å². The highest BCUT2D eigenvalue weighted by molar-refractivity contribution is 5.87. The summed E-state index contributed by atoms with van der Waals surface area (Å²) in [5.74, 6) is 0.855. The molecule has 2 aromatic heterocycles. The maximum absolute atomic E-state index is 12.7. The number of hydrogen-bond donors (Lipinski definition) is 1. The van der Waals surface area contributed by atoms with E-state index in [1.165, 1.54) is 12.1 Å². The van der Waals surface area contributed by atoms with E-state index < -0.39 is 5.82 Å². The summed E-state index contributed by atoms with van der Waals surface area (Å²) in [6.45, 7) is 3.35. The SMILES string of the molecule is Cc1nccn1CCCN(C)C(=O)Nc1ccc(F)cn1. The molecular formula is C14H18FN5O. The van der Waals surface area contributed by atoms with Gasteiger partial charge in [-0.05, 0) is 25.5 Å². The molecule has 2 amide bonds. The van der Waals surface area contributed by atoms with Crippen molar-refractivity contribution in [3.05, 3.63) is 42.4 Å². The number of carbonyl (C=O) groups excluding carboxylic acids is 1. The summed E-state index contributed by atoms with van der Waals surface area (Å²) in [5.41, 5.74) is 0. The lowest BCUT2D eigenvalue weighted by Crippen LogP contribution is -2.32. The van der Waals surface area contributed by atoms with E-state index >= 15 is 0 Å². The topological polar surface area (TPSA) is 63.1 Å². The van der Waals surface area contributed by atoms with Gasteiger partial charge in [0.15, 0.2) is 0 Å². The molecule has 0 saturated carbocycles. The van der Waals surface area contributed by atoms with Crippen LogP contribution in [0.2, 0.25) is 0 Å². The van der Waals surface area contributed by atoms with Crippen molar-refractivity contribution in [1.82, 2.24) is 19.4 Å². The van der Waals surface area contributed by atoms with Crippen LogP contribution in [0, 0.1) is 12.7 Å². The minimum atomic E-state index is -0.433. The van der Waals surface area contributed by atoms with Crippen LogP contribution in [0.25, 0.3) is 0 Å². The van der Waals surface area contributed by atoms with Gasteiger partial charge in [0.25, 0.3) is 0 Å². The molecule has 0 spiro atoms. The third-order valence-electron chi connectivity index (χ3n) is 3.13. The Hall–Kier alpha value is -2.44. The van der Waals surface area contributed by atoms with E-state index in [1.54, 1.807) is 18.1 Å². The molecule has 2 heterocycles. The molecule has 0 aliphatic carbocycles. The summed E-state index contributed by atoms with van der Waals surface area (Å²) in [6.07, 6.45) is 5.55. The predicted octanol–water partition coefficient (Wildman–Crippen LogP) is 2.28. The van der Waals surface area contributed by atoms with E-state index in [0.717, 1.165) is 25.0 Å². The summed E-state index contributed by atoms with van der Waals surface area (Å²) in [6, 6.07) is 2.41. The third kappa shape index (κ3) is 4.27. The average Bonchev–Trinajstić information content (AvgIpc) is 2.87. The highest BCUT2D eigenvalue weighted by Crippen LogP contribution is 2.05. The smallest absolute Gasteiger partial charge is 0.322 e. The first-order valence-corrected chi connectivity index (χ1v) is 6.67. The molecule has 1 N–H and O–H groups in total. The van der Waals surface area contributed by atoms with Crippen molar-refractivity contribution in [2.75, 3.05) is 18.9 Å². The number of urea groups is 1. The van der Waals surface area contributed by atoms with Gasteiger partial charge < -0.3 is 9.47 Å². The van der Waals surface area contributed by atoms with E-state index in [4.69, 9.17) is 0 Å². The van der Waals surface area contributed by atoms with Crippen LogP contribution in [-0.2, 0) is 6.54 Å². The van der Waals surface area contributed by atoms with Crippen LogP contribution in [-0.4, -0.2) is 39.1 Å². The van der Waals surface area contributed by atoms with Gasteiger partial charge in [0.1, 0.15) is 17.5 Å². The fraction of sp³-hybridized carbons (Fsp3) is 0.357. The lowest BCUT2D eigenvalue weighted by atomic mass is 10.4. The second-order valence-corrected chi connectivity index (χ2v) is 4.73. The molecule has 0 bridgehead atoms. The lowest BCUT2D eigenvalue weighted by Gasteiger charge is -2.17.